The number of nitrogen functional groups attached to an aromatic ring is 1. The number of anilines is 2. The summed E-state index contributed by atoms with van der Waals surface area (Å²) in [4.78, 5) is 12.0. The highest BCUT2D eigenvalue weighted by Crippen LogP contribution is 2.28. The molecule has 2 N–H and O–H groups in total. The van der Waals surface area contributed by atoms with Crippen LogP contribution in [0, 0.1) is 10.1 Å². The van der Waals surface area contributed by atoms with Gasteiger partial charge in [-0.25, -0.2) is 8.42 Å². The van der Waals surface area contributed by atoms with Gasteiger partial charge in [0.2, 0.25) is 0 Å². The van der Waals surface area contributed by atoms with Gasteiger partial charge in [-0.15, -0.1) is 0 Å². The summed E-state index contributed by atoms with van der Waals surface area (Å²) in [5.41, 5.74) is 6.70. The number of nitrogens with two attached hydrogens (primary N) is 1. The van der Waals surface area contributed by atoms with E-state index in [0.29, 0.717) is 30.9 Å². The average Bonchev–Trinajstić information content (AvgIpc) is 2.50. The second-order valence-corrected chi connectivity index (χ2v) is 6.80. The van der Waals surface area contributed by atoms with Crippen LogP contribution in [0.15, 0.2) is 18.2 Å². The number of nitro groups is 1. The van der Waals surface area contributed by atoms with Gasteiger partial charge in [-0.3, -0.25) is 10.1 Å². The molecule has 1 aromatic rings. The maximum Gasteiger partial charge on any atom is 0.271 e. The molecule has 1 saturated heterocycles. The van der Waals surface area contributed by atoms with E-state index in [9.17, 15) is 18.5 Å². The number of rotatable bonds is 2. The molecule has 0 amide bonds. The third kappa shape index (κ3) is 3.14. The summed E-state index contributed by atoms with van der Waals surface area (Å²) in [5.74, 6) is 0.264. The van der Waals surface area contributed by atoms with Gasteiger partial charge in [-0.2, -0.15) is 0 Å². The molecule has 1 heterocycles. The summed E-state index contributed by atoms with van der Waals surface area (Å²) in [5, 5.41) is 10.6. The van der Waals surface area contributed by atoms with Gasteiger partial charge >= 0.3 is 0 Å². The van der Waals surface area contributed by atoms with E-state index >= 15 is 0 Å². The number of benzene rings is 1. The molecule has 0 unspecified atom stereocenters. The fourth-order valence-electron chi connectivity index (χ4n) is 2.12. The van der Waals surface area contributed by atoms with Crippen molar-refractivity contribution < 1.29 is 13.3 Å². The van der Waals surface area contributed by atoms with Crippen molar-refractivity contribution in [2.24, 2.45) is 0 Å². The van der Waals surface area contributed by atoms with Crippen LogP contribution in [-0.4, -0.2) is 37.9 Å². The Balaban J connectivity index is 2.25. The Labute approximate surface area is 111 Å². The molecule has 2 rings (SSSR count). The average molecular weight is 285 g/mol. The van der Waals surface area contributed by atoms with Crippen molar-refractivity contribution in [1.82, 2.24) is 0 Å². The van der Waals surface area contributed by atoms with Gasteiger partial charge in [0.25, 0.3) is 5.69 Å². The summed E-state index contributed by atoms with van der Waals surface area (Å²) < 4.78 is 23.1. The highest BCUT2D eigenvalue weighted by Gasteiger charge is 2.21. The molecular formula is C11H15N3O4S. The van der Waals surface area contributed by atoms with Gasteiger partial charge in [-0.05, 0) is 12.5 Å². The predicted molar refractivity (Wildman–Crippen MR) is 73.0 cm³/mol. The van der Waals surface area contributed by atoms with Crippen LogP contribution in [0.5, 0.6) is 0 Å². The Morgan fingerprint density at radius 1 is 1.26 bits per heavy atom. The zero-order valence-electron chi connectivity index (χ0n) is 10.3. The molecule has 104 valence electrons. The van der Waals surface area contributed by atoms with Crippen molar-refractivity contribution in [1.29, 1.82) is 0 Å². The largest absolute Gasteiger partial charge is 0.397 e. The van der Waals surface area contributed by atoms with E-state index < -0.39 is 14.8 Å². The van der Waals surface area contributed by atoms with E-state index in [2.05, 4.69) is 0 Å². The first kappa shape index (κ1) is 13.6. The smallest absolute Gasteiger partial charge is 0.271 e. The monoisotopic (exact) mass is 285 g/mol. The second kappa shape index (κ2) is 5.04. The molecule has 7 nitrogen and oxygen atoms in total. The van der Waals surface area contributed by atoms with Gasteiger partial charge in [0, 0.05) is 25.2 Å². The summed E-state index contributed by atoms with van der Waals surface area (Å²) >= 11 is 0. The quantitative estimate of drug-likeness (QED) is 0.489. The Bertz CT molecular complexity index is 600. The molecule has 1 aliphatic rings. The van der Waals surface area contributed by atoms with Crippen LogP contribution in [0.25, 0.3) is 0 Å². The number of nitro benzene ring substituents is 1. The highest BCUT2D eigenvalue weighted by molar-refractivity contribution is 7.91. The SMILES string of the molecule is Nc1cc([N+](=O)[O-])ccc1N1CCCS(=O)(=O)CC1. The Hall–Kier alpha value is -1.83. The zero-order valence-corrected chi connectivity index (χ0v) is 11.1. The van der Waals surface area contributed by atoms with Gasteiger partial charge in [0.1, 0.15) is 0 Å². The van der Waals surface area contributed by atoms with E-state index in [0.717, 1.165) is 0 Å². The minimum atomic E-state index is -2.99. The van der Waals surface area contributed by atoms with E-state index in [4.69, 9.17) is 5.73 Å². The van der Waals surface area contributed by atoms with Crippen LogP contribution < -0.4 is 10.6 Å². The number of hydrogen-bond donors (Lipinski definition) is 1. The summed E-state index contributed by atoms with van der Waals surface area (Å²) in [6.07, 6.45) is 0.540. The first-order valence-corrected chi connectivity index (χ1v) is 7.70. The summed E-state index contributed by atoms with van der Waals surface area (Å²) in [6, 6.07) is 4.26. The van der Waals surface area contributed by atoms with E-state index in [1.807, 2.05) is 4.90 Å². The number of nitrogens with zero attached hydrogens (tertiary/aromatic N) is 2. The van der Waals surface area contributed by atoms with Crippen molar-refractivity contribution in [2.45, 2.75) is 6.42 Å². The Kier molecular flexibility index (Phi) is 3.61. The lowest BCUT2D eigenvalue weighted by Gasteiger charge is -2.23. The van der Waals surface area contributed by atoms with Crippen molar-refractivity contribution >= 4 is 26.9 Å². The van der Waals surface area contributed by atoms with Crippen molar-refractivity contribution in [2.75, 3.05) is 35.2 Å². The van der Waals surface area contributed by atoms with Crippen molar-refractivity contribution in [3.05, 3.63) is 28.3 Å². The first-order chi connectivity index (χ1) is 8.89. The topological polar surface area (TPSA) is 107 Å². The standard InChI is InChI=1S/C11H15N3O4S/c12-10-8-9(14(15)16)2-3-11(10)13-4-1-6-19(17,18)7-5-13/h2-3,8H,1,4-7,12H2. The molecule has 1 aliphatic heterocycles. The molecule has 0 spiro atoms. The van der Waals surface area contributed by atoms with E-state index in [1.165, 1.54) is 12.1 Å². The Morgan fingerprint density at radius 3 is 2.63 bits per heavy atom. The molecular weight excluding hydrogens is 270 g/mol. The number of non-ortho nitro benzene ring substituents is 1. The van der Waals surface area contributed by atoms with Crippen LogP contribution in [0.2, 0.25) is 0 Å². The normalized spacial score (nSPS) is 18.8. The zero-order chi connectivity index (χ0) is 14.0. The van der Waals surface area contributed by atoms with Gasteiger partial charge in [0.15, 0.2) is 9.84 Å². The van der Waals surface area contributed by atoms with E-state index in [1.54, 1.807) is 6.07 Å². The minimum Gasteiger partial charge on any atom is -0.397 e. The van der Waals surface area contributed by atoms with Crippen LogP contribution in [0.1, 0.15) is 6.42 Å². The third-order valence-corrected chi connectivity index (χ3v) is 4.83. The summed E-state index contributed by atoms with van der Waals surface area (Å²) in [6.45, 7) is 0.950. The molecule has 1 aromatic carbocycles. The lowest BCUT2D eigenvalue weighted by Crippen LogP contribution is -2.27. The van der Waals surface area contributed by atoms with Crippen molar-refractivity contribution in [3.8, 4) is 0 Å². The molecule has 0 atom stereocenters. The van der Waals surface area contributed by atoms with Crippen LogP contribution in [0.3, 0.4) is 0 Å². The third-order valence-electron chi connectivity index (χ3n) is 3.12. The molecule has 8 heteroatoms. The minimum absolute atomic E-state index is 0.0660. The highest BCUT2D eigenvalue weighted by atomic mass is 32.2. The van der Waals surface area contributed by atoms with Crippen LogP contribution in [-0.2, 0) is 9.84 Å². The molecule has 0 saturated carbocycles. The summed E-state index contributed by atoms with van der Waals surface area (Å²) in [7, 11) is -2.99. The Morgan fingerprint density at radius 2 is 2.00 bits per heavy atom. The number of hydrogen-bond acceptors (Lipinski definition) is 6. The fraction of sp³-hybridized carbons (Fsp3) is 0.455. The van der Waals surface area contributed by atoms with E-state index in [-0.39, 0.29) is 17.2 Å². The van der Waals surface area contributed by atoms with Gasteiger partial charge < -0.3 is 10.6 Å². The molecule has 0 aromatic heterocycles. The lowest BCUT2D eigenvalue weighted by atomic mass is 10.2. The van der Waals surface area contributed by atoms with Gasteiger partial charge in [0.05, 0.1) is 27.8 Å². The molecule has 0 aliphatic carbocycles. The van der Waals surface area contributed by atoms with Crippen molar-refractivity contribution in [3.63, 3.8) is 0 Å². The van der Waals surface area contributed by atoms with Crippen LogP contribution in [0.4, 0.5) is 17.1 Å². The lowest BCUT2D eigenvalue weighted by molar-refractivity contribution is -0.384. The molecule has 1 fully saturated rings. The van der Waals surface area contributed by atoms with Gasteiger partial charge in [-0.1, -0.05) is 0 Å². The molecule has 0 bridgehead atoms. The first-order valence-electron chi connectivity index (χ1n) is 5.88. The predicted octanol–water partition coefficient (Wildman–Crippen LogP) is 0.802. The molecule has 19 heavy (non-hydrogen) atoms. The molecule has 0 radical (unpaired) electrons. The fourth-order valence-corrected chi connectivity index (χ4v) is 3.39. The number of sulfone groups is 1. The maximum absolute atomic E-state index is 11.5. The second-order valence-electron chi connectivity index (χ2n) is 4.49. The maximum atomic E-state index is 11.5. The van der Waals surface area contributed by atoms with Crippen LogP contribution >= 0.6 is 0 Å².